The standard InChI is InChI=1S/C34H48N2O4/c1-3-4-5-6-7-8-9-10-11-12-13-14-15-20-32(37)35-30-23-21-27(22-24-30)33(38)36-26-29-19-17-16-18-28(29)25-31(36)34(39)40-2/h16-19,21-24,31H,3-15,20,25-26H2,1-2H3,(H,35,37). The first-order chi connectivity index (χ1) is 19.5. The first-order valence-corrected chi connectivity index (χ1v) is 15.4. The van der Waals surface area contributed by atoms with Crippen LogP contribution in [0.5, 0.6) is 0 Å². The molecule has 0 saturated carbocycles. The summed E-state index contributed by atoms with van der Waals surface area (Å²) in [4.78, 5) is 39.8. The Balaban J connectivity index is 1.35. The lowest BCUT2D eigenvalue weighted by molar-refractivity contribution is -0.146. The average molecular weight is 549 g/mol. The molecule has 3 rings (SSSR count). The van der Waals surface area contributed by atoms with Crippen molar-refractivity contribution in [3.8, 4) is 0 Å². The molecule has 0 spiro atoms. The number of fused-ring (bicyclic) bond motifs is 1. The van der Waals surface area contributed by atoms with Crippen LogP contribution in [0.25, 0.3) is 0 Å². The van der Waals surface area contributed by atoms with Gasteiger partial charge in [-0.15, -0.1) is 0 Å². The second-order valence-electron chi connectivity index (χ2n) is 11.1. The third-order valence-electron chi connectivity index (χ3n) is 7.91. The molecule has 6 nitrogen and oxygen atoms in total. The second kappa shape index (κ2) is 17.5. The van der Waals surface area contributed by atoms with Crippen LogP contribution in [0.15, 0.2) is 48.5 Å². The lowest BCUT2D eigenvalue weighted by Crippen LogP contribution is -2.49. The third-order valence-corrected chi connectivity index (χ3v) is 7.91. The molecule has 2 aromatic carbocycles. The highest BCUT2D eigenvalue weighted by Gasteiger charge is 2.35. The molecule has 2 amide bonds. The molecule has 0 bridgehead atoms. The summed E-state index contributed by atoms with van der Waals surface area (Å²) in [6.07, 6.45) is 17.6. The summed E-state index contributed by atoms with van der Waals surface area (Å²) in [5.41, 5.74) is 3.24. The number of unbranched alkanes of at least 4 members (excludes halogenated alkanes) is 12. The fourth-order valence-electron chi connectivity index (χ4n) is 5.47. The number of nitrogens with one attached hydrogen (secondary N) is 1. The van der Waals surface area contributed by atoms with Crippen LogP contribution in [0, 0.1) is 0 Å². The van der Waals surface area contributed by atoms with E-state index in [1.165, 1.54) is 77.7 Å². The van der Waals surface area contributed by atoms with Crippen LogP contribution in [0.4, 0.5) is 5.69 Å². The third kappa shape index (κ3) is 10.1. The van der Waals surface area contributed by atoms with Gasteiger partial charge in [-0.25, -0.2) is 4.79 Å². The van der Waals surface area contributed by atoms with E-state index in [1.54, 1.807) is 29.2 Å². The molecule has 2 aromatic rings. The predicted octanol–water partition coefficient (Wildman–Crippen LogP) is 7.85. The van der Waals surface area contributed by atoms with Gasteiger partial charge in [-0.1, -0.05) is 108 Å². The number of methoxy groups -OCH3 is 1. The fourth-order valence-corrected chi connectivity index (χ4v) is 5.47. The van der Waals surface area contributed by atoms with Crippen molar-refractivity contribution in [2.45, 2.75) is 116 Å². The number of ether oxygens (including phenoxy) is 1. The van der Waals surface area contributed by atoms with Gasteiger partial charge in [0.15, 0.2) is 0 Å². The fraction of sp³-hybridized carbons (Fsp3) is 0.559. The van der Waals surface area contributed by atoms with E-state index in [0.29, 0.717) is 30.6 Å². The Hall–Kier alpha value is -3.15. The number of rotatable bonds is 17. The minimum absolute atomic E-state index is 0.000502. The molecular formula is C34H48N2O4. The molecular weight excluding hydrogens is 500 g/mol. The summed E-state index contributed by atoms with van der Waals surface area (Å²) in [7, 11) is 1.35. The average Bonchev–Trinajstić information content (AvgIpc) is 2.98. The van der Waals surface area contributed by atoms with Crippen molar-refractivity contribution in [3.63, 3.8) is 0 Å². The maximum Gasteiger partial charge on any atom is 0.328 e. The van der Waals surface area contributed by atoms with E-state index in [9.17, 15) is 14.4 Å². The van der Waals surface area contributed by atoms with Crippen LogP contribution in [0.2, 0.25) is 0 Å². The number of amides is 2. The van der Waals surface area contributed by atoms with Crippen LogP contribution in [0.3, 0.4) is 0 Å². The number of hydrogen-bond acceptors (Lipinski definition) is 4. The molecule has 218 valence electrons. The highest BCUT2D eigenvalue weighted by atomic mass is 16.5. The zero-order valence-corrected chi connectivity index (χ0v) is 24.6. The normalized spacial score (nSPS) is 14.4. The van der Waals surface area contributed by atoms with Crippen LogP contribution in [-0.2, 0) is 27.3 Å². The molecule has 0 saturated heterocycles. The lowest BCUT2D eigenvalue weighted by Gasteiger charge is -2.35. The van der Waals surface area contributed by atoms with Crippen molar-refractivity contribution in [3.05, 3.63) is 65.2 Å². The van der Waals surface area contributed by atoms with E-state index in [1.807, 2.05) is 24.3 Å². The number of carbonyl (C=O) groups is 3. The largest absolute Gasteiger partial charge is 0.467 e. The van der Waals surface area contributed by atoms with E-state index in [4.69, 9.17) is 4.74 Å². The highest BCUT2D eigenvalue weighted by molar-refractivity contribution is 5.98. The zero-order chi connectivity index (χ0) is 28.6. The Morgan fingerprint density at radius 1 is 0.775 bits per heavy atom. The summed E-state index contributed by atoms with van der Waals surface area (Å²) in [6, 6.07) is 14.1. The first kappa shape index (κ1) is 31.4. The topological polar surface area (TPSA) is 75.7 Å². The molecule has 6 heteroatoms. The molecule has 1 heterocycles. The van der Waals surface area contributed by atoms with Crippen molar-refractivity contribution in [1.29, 1.82) is 0 Å². The number of nitrogens with zero attached hydrogens (tertiary/aromatic N) is 1. The minimum Gasteiger partial charge on any atom is -0.467 e. The number of hydrogen-bond donors (Lipinski definition) is 1. The zero-order valence-electron chi connectivity index (χ0n) is 24.6. The Kier molecular flexibility index (Phi) is 13.7. The van der Waals surface area contributed by atoms with Gasteiger partial charge in [-0.2, -0.15) is 0 Å². The number of carbonyl (C=O) groups excluding carboxylic acids is 3. The molecule has 0 radical (unpaired) electrons. The molecule has 0 fully saturated rings. The van der Waals surface area contributed by atoms with Crippen molar-refractivity contribution in [2.24, 2.45) is 0 Å². The molecule has 0 aromatic heterocycles. The van der Waals surface area contributed by atoms with Crippen LogP contribution in [-0.4, -0.2) is 35.8 Å². The van der Waals surface area contributed by atoms with Gasteiger partial charge < -0.3 is 15.0 Å². The summed E-state index contributed by atoms with van der Waals surface area (Å²) < 4.78 is 4.99. The Morgan fingerprint density at radius 3 is 1.90 bits per heavy atom. The van der Waals surface area contributed by atoms with E-state index in [0.717, 1.165) is 24.0 Å². The maximum absolute atomic E-state index is 13.4. The minimum atomic E-state index is -0.660. The van der Waals surface area contributed by atoms with Gasteiger partial charge in [-0.3, -0.25) is 9.59 Å². The monoisotopic (exact) mass is 548 g/mol. The predicted molar refractivity (Wildman–Crippen MR) is 161 cm³/mol. The molecule has 0 aliphatic carbocycles. The molecule has 1 atom stereocenters. The second-order valence-corrected chi connectivity index (χ2v) is 11.1. The van der Waals surface area contributed by atoms with E-state index < -0.39 is 12.0 Å². The molecule has 1 aliphatic rings. The van der Waals surface area contributed by atoms with Crippen molar-refractivity contribution >= 4 is 23.5 Å². The highest BCUT2D eigenvalue weighted by Crippen LogP contribution is 2.26. The van der Waals surface area contributed by atoms with Gasteiger partial charge in [-0.05, 0) is 41.8 Å². The molecule has 1 unspecified atom stereocenters. The summed E-state index contributed by atoms with van der Waals surface area (Å²) in [6.45, 7) is 2.61. The Labute approximate surface area is 240 Å². The smallest absolute Gasteiger partial charge is 0.328 e. The van der Waals surface area contributed by atoms with Gasteiger partial charge in [0.1, 0.15) is 6.04 Å². The summed E-state index contributed by atoms with van der Waals surface area (Å²) in [5.74, 6) is -0.643. The van der Waals surface area contributed by atoms with Gasteiger partial charge in [0.25, 0.3) is 5.91 Å². The van der Waals surface area contributed by atoms with Gasteiger partial charge in [0.2, 0.25) is 5.91 Å². The van der Waals surface area contributed by atoms with Crippen LogP contribution in [0.1, 0.15) is 118 Å². The number of anilines is 1. The molecule has 40 heavy (non-hydrogen) atoms. The van der Waals surface area contributed by atoms with Gasteiger partial charge >= 0.3 is 5.97 Å². The van der Waals surface area contributed by atoms with Crippen molar-refractivity contribution in [2.75, 3.05) is 12.4 Å². The maximum atomic E-state index is 13.4. The quantitative estimate of drug-likeness (QED) is 0.161. The number of benzene rings is 2. The molecule has 1 N–H and O–H groups in total. The van der Waals surface area contributed by atoms with Crippen molar-refractivity contribution < 1.29 is 19.1 Å². The summed E-state index contributed by atoms with van der Waals surface area (Å²) in [5, 5.41) is 2.94. The van der Waals surface area contributed by atoms with Gasteiger partial charge in [0.05, 0.1) is 7.11 Å². The van der Waals surface area contributed by atoms with Crippen LogP contribution >= 0.6 is 0 Å². The Morgan fingerprint density at radius 2 is 1.32 bits per heavy atom. The molecule has 1 aliphatic heterocycles. The summed E-state index contributed by atoms with van der Waals surface area (Å²) >= 11 is 0. The van der Waals surface area contributed by atoms with E-state index in [-0.39, 0.29) is 11.8 Å². The first-order valence-electron chi connectivity index (χ1n) is 15.4. The van der Waals surface area contributed by atoms with Crippen LogP contribution < -0.4 is 5.32 Å². The Bertz CT molecular complexity index is 1070. The van der Waals surface area contributed by atoms with Crippen molar-refractivity contribution in [1.82, 2.24) is 4.90 Å². The number of esters is 1. The SMILES string of the molecule is CCCCCCCCCCCCCCCC(=O)Nc1ccc(C(=O)N2Cc3ccccc3CC2C(=O)OC)cc1. The van der Waals surface area contributed by atoms with E-state index >= 15 is 0 Å². The van der Waals surface area contributed by atoms with Gasteiger partial charge in [0, 0.05) is 30.6 Å². The van der Waals surface area contributed by atoms with E-state index in [2.05, 4.69) is 12.2 Å². The lowest BCUT2D eigenvalue weighted by atomic mass is 9.93.